The van der Waals surface area contributed by atoms with Crippen LogP contribution >= 0.6 is 0 Å². The molecule has 9 heteroatoms. The molecule has 2 aromatic carbocycles. The van der Waals surface area contributed by atoms with Crippen molar-refractivity contribution < 1.29 is 27.8 Å². The smallest absolute Gasteiger partial charge is 0.337 e. The maximum absolute atomic E-state index is 14.9. The van der Waals surface area contributed by atoms with E-state index in [2.05, 4.69) is 10.3 Å². The highest BCUT2D eigenvalue weighted by molar-refractivity contribution is 5.99. The van der Waals surface area contributed by atoms with Gasteiger partial charge in [-0.05, 0) is 37.1 Å². The summed E-state index contributed by atoms with van der Waals surface area (Å²) in [6.45, 7) is 3.85. The molecule has 0 radical (unpaired) electrons. The van der Waals surface area contributed by atoms with Crippen LogP contribution in [-0.2, 0) is 25.6 Å². The van der Waals surface area contributed by atoms with E-state index < -0.39 is 29.5 Å². The first kappa shape index (κ1) is 26.5. The Morgan fingerprint density at radius 2 is 1.76 bits per heavy atom. The van der Waals surface area contributed by atoms with E-state index in [1.807, 2.05) is 41.1 Å². The van der Waals surface area contributed by atoms with Crippen LogP contribution in [0.1, 0.15) is 36.5 Å². The molecule has 0 saturated carbocycles. The number of aromatic nitrogens is 2. The summed E-state index contributed by atoms with van der Waals surface area (Å²) in [5, 5.41) is 2.96. The second kappa shape index (κ2) is 11.7. The third-order valence-corrected chi connectivity index (χ3v) is 6.20. The monoisotopic (exact) mass is 519 g/mol. The Morgan fingerprint density at radius 1 is 1.05 bits per heavy atom. The van der Waals surface area contributed by atoms with Gasteiger partial charge in [0.05, 0.1) is 30.5 Å². The number of methoxy groups -OCH3 is 1. The van der Waals surface area contributed by atoms with E-state index in [1.54, 1.807) is 32.4 Å². The number of rotatable bonds is 8. The van der Waals surface area contributed by atoms with E-state index in [0.29, 0.717) is 17.9 Å². The van der Waals surface area contributed by atoms with Gasteiger partial charge >= 0.3 is 11.9 Å². The van der Waals surface area contributed by atoms with Gasteiger partial charge in [-0.15, -0.1) is 0 Å². The normalized spacial score (nSPS) is 15.6. The molecule has 4 rings (SSSR count). The van der Waals surface area contributed by atoms with Crippen LogP contribution in [0, 0.1) is 11.6 Å². The van der Waals surface area contributed by atoms with E-state index in [4.69, 9.17) is 9.47 Å². The van der Waals surface area contributed by atoms with Gasteiger partial charge in [0.15, 0.2) is 11.6 Å². The number of halogens is 2. The predicted molar refractivity (Wildman–Crippen MR) is 137 cm³/mol. The summed E-state index contributed by atoms with van der Waals surface area (Å²) in [7, 11) is 1.18. The Balaban J connectivity index is 1.51. The van der Waals surface area contributed by atoms with Crippen molar-refractivity contribution in [2.24, 2.45) is 0 Å². The average Bonchev–Trinajstić information content (AvgIpc) is 3.41. The summed E-state index contributed by atoms with van der Waals surface area (Å²) in [4.78, 5) is 29.9. The summed E-state index contributed by atoms with van der Waals surface area (Å²) < 4.78 is 41.3. The Labute approximate surface area is 219 Å². The minimum Gasteiger partial charge on any atom is -0.466 e. The SMILES string of the molecule is COC(=O)C1=C(C)NC(C)=C(C(=O)OC/C=C/c2ccc(Cn3ccnc3)cc2)C1c1cccc(F)c1F. The van der Waals surface area contributed by atoms with Gasteiger partial charge in [-0.3, -0.25) is 0 Å². The number of nitrogens with one attached hydrogen (secondary N) is 1. The molecule has 1 aromatic heterocycles. The minimum absolute atomic E-state index is 0.000810. The standard InChI is InChI=1S/C29H27F2N3O4/c1-18-24(28(35)37-3)26(22-7-4-8-23(30)27(22)31)25(19(2)33-18)29(36)38-15-5-6-20-9-11-21(12-10-20)16-34-14-13-32-17-34/h4-14,17,26,33H,15-16H2,1-3H3/b6-5+. The minimum atomic E-state index is -1.21. The molecule has 0 aliphatic carbocycles. The molecule has 38 heavy (non-hydrogen) atoms. The van der Waals surface area contributed by atoms with E-state index in [-0.39, 0.29) is 23.3 Å². The Kier molecular flexibility index (Phi) is 8.15. The first-order chi connectivity index (χ1) is 18.3. The van der Waals surface area contributed by atoms with Crippen LogP contribution in [-0.4, -0.2) is 35.2 Å². The zero-order chi connectivity index (χ0) is 27.2. The van der Waals surface area contributed by atoms with Crippen molar-refractivity contribution in [3.63, 3.8) is 0 Å². The lowest BCUT2D eigenvalue weighted by Crippen LogP contribution is -2.32. The number of benzene rings is 2. The molecule has 7 nitrogen and oxygen atoms in total. The molecule has 0 saturated heterocycles. The summed E-state index contributed by atoms with van der Waals surface area (Å²) >= 11 is 0. The van der Waals surface area contributed by atoms with Gasteiger partial charge in [0.25, 0.3) is 0 Å². The number of carbonyl (C=O) groups excluding carboxylic acids is 2. The molecular weight excluding hydrogens is 492 g/mol. The molecule has 3 aromatic rings. The molecule has 2 heterocycles. The fraction of sp³-hybridized carbons (Fsp3) is 0.207. The maximum Gasteiger partial charge on any atom is 0.337 e. The molecule has 1 aliphatic heterocycles. The third kappa shape index (κ3) is 5.72. The highest BCUT2D eigenvalue weighted by Gasteiger charge is 2.39. The molecule has 1 aliphatic rings. The highest BCUT2D eigenvalue weighted by Crippen LogP contribution is 2.40. The van der Waals surface area contributed by atoms with E-state index in [1.165, 1.54) is 19.2 Å². The molecule has 0 bridgehead atoms. The van der Waals surface area contributed by atoms with E-state index in [0.717, 1.165) is 17.2 Å². The molecule has 0 fully saturated rings. The lowest BCUT2D eigenvalue weighted by molar-refractivity contribution is -0.138. The Morgan fingerprint density at radius 3 is 2.42 bits per heavy atom. The molecular formula is C29H27F2N3O4. The van der Waals surface area contributed by atoms with Crippen molar-refractivity contribution in [1.29, 1.82) is 0 Å². The van der Waals surface area contributed by atoms with Crippen molar-refractivity contribution in [1.82, 2.24) is 14.9 Å². The van der Waals surface area contributed by atoms with Crippen LogP contribution in [0.4, 0.5) is 8.78 Å². The molecule has 0 spiro atoms. The van der Waals surface area contributed by atoms with Crippen LogP contribution in [0.15, 0.2) is 89.8 Å². The summed E-state index contributed by atoms with van der Waals surface area (Å²) in [6, 6.07) is 11.5. The van der Waals surface area contributed by atoms with E-state index in [9.17, 15) is 18.4 Å². The van der Waals surface area contributed by atoms with Crippen molar-refractivity contribution in [3.8, 4) is 0 Å². The third-order valence-electron chi connectivity index (χ3n) is 6.20. The zero-order valence-corrected chi connectivity index (χ0v) is 21.2. The molecule has 1 unspecified atom stereocenters. The second-order valence-corrected chi connectivity index (χ2v) is 8.75. The summed E-state index contributed by atoms with van der Waals surface area (Å²) in [5.74, 6) is -4.98. The van der Waals surface area contributed by atoms with Crippen molar-refractivity contribution >= 4 is 18.0 Å². The summed E-state index contributed by atoms with van der Waals surface area (Å²) in [6.07, 6.45) is 8.85. The van der Waals surface area contributed by atoms with Gasteiger partial charge in [0.1, 0.15) is 6.61 Å². The van der Waals surface area contributed by atoms with Gasteiger partial charge in [0, 0.05) is 35.9 Å². The molecule has 1 N–H and O–H groups in total. The van der Waals surface area contributed by atoms with Crippen molar-refractivity contribution in [2.75, 3.05) is 13.7 Å². The van der Waals surface area contributed by atoms with Crippen molar-refractivity contribution in [3.05, 3.63) is 118 Å². The number of ether oxygens (including phenoxy) is 2. The van der Waals surface area contributed by atoms with Crippen molar-refractivity contribution in [2.45, 2.75) is 26.3 Å². The van der Waals surface area contributed by atoms with Crippen LogP contribution in [0.5, 0.6) is 0 Å². The van der Waals surface area contributed by atoms with Gasteiger partial charge in [-0.2, -0.15) is 0 Å². The number of carbonyl (C=O) groups is 2. The fourth-order valence-electron chi connectivity index (χ4n) is 4.41. The number of hydrogen-bond donors (Lipinski definition) is 1. The van der Waals surface area contributed by atoms with E-state index >= 15 is 0 Å². The van der Waals surface area contributed by atoms with Crippen LogP contribution in [0.2, 0.25) is 0 Å². The lowest BCUT2D eigenvalue weighted by Gasteiger charge is -2.30. The summed E-state index contributed by atoms with van der Waals surface area (Å²) in [5.41, 5.74) is 2.60. The lowest BCUT2D eigenvalue weighted by atomic mass is 9.80. The second-order valence-electron chi connectivity index (χ2n) is 8.75. The molecule has 0 amide bonds. The fourth-order valence-corrected chi connectivity index (χ4v) is 4.41. The number of allylic oxidation sites excluding steroid dienone is 2. The first-order valence-corrected chi connectivity index (χ1v) is 11.9. The first-order valence-electron chi connectivity index (χ1n) is 11.9. The topological polar surface area (TPSA) is 82.5 Å². The largest absolute Gasteiger partial charge is 0.466 e. The quantitative estimate of drug-likeness (QED) is 0.428. The van der Waals surface area contributed by atoms with Crippen LogP contribution in [0.25, 0.3) is 6.08 Å². The highest BCUT2D eigenvalue weighted by atomic mass is 19.2. The maximum atomic E-state index is 14.9. The van der Waals surface area contributed by atoms with Gasteiger partial charge < -0.3 is 19.4 Å². The van der Waals surface area contributed by atoms with Gasteiger partial charge in [-0.1, -0.05) is 42.5 Å². The zero-order valence-electron chi connectivity index (χ0n) is 21.2. The predicted octanol–water partition coefficient (Wildman–Crippen LogP) is 4.87. The molecule has 1 atom stereocenters. The number of imidazole rings is 1. The number of hydrogen-bond acceptors (Lipinski definition) is 6. The van der Waals surface area contributed by atoms with Crippen LogP contribution < -0.4 is 5.32 Å². The number of esters is 2. The van der Waals surface area contributed by atoms with Gasteiger partial charge in [-0.25, -0.2) is 23.4 Å². The average molecular weight is 520 g/mol. The number of dihydropyridines is 1. The Bertz CT molecular complexity index is 1420. The Hall–Kier alpha value is -4.53. The number of nitrogens with zero attached hydrogens (tertiary/aromatic N) is 2. The van der Waals surface area contributed by atoms with Gasteiger partial charge in [0.2, 0.25) is 0 Å². The molecule has 196 valence electrons. The van der Waals surface area contributed by atoms with Crippen LogP contribution in [0.3, 0.4) is 0 Å².